The molecular weight excluding hydrogens is 262 g/mol. The maximum absolute atomic E-state index is 12.1. The Labute approximate surface area is 116 Å². The number of nitrogens with zero attached hydrogens (tertiary/aromatic N) is 1. The first-order valence-electron chi connectivity index (χ1n) is 7.25. The summed E-state index contributed by atoms with van der Waals surface area (Å²) in [5.74, 6) is 1.65. The summed E-state index contributed by atoms with van der Waals surface area (Å²) in [6.45, 7) is 2.34. The molecule has 108 valence electrons. The first-order valence-corrected chi connectivity index (χ1v) is 8.74. The fourth-order valence-corrected chi connectivity index (χ4v) is 4.13. The smallest absolute Gasteiger partial charge is 0.239 e. The highest BCUT2D eigenvalue weighted by Crippen LogP contribution is 2.42. The molecule has 3 N–H and O–H groups in total. The van der Waals surface area contributed by atoms with Gasteiger partial charge in [-0.2, -0.15) is 0 Å². The highest BCUT2D eigenvalue weighted by molar-refractivity contribution is 7.85. The van der Waals surface area contributed by atoms with Gasteiger partial charge in [0.2, 0.25) is 5.91 Å². The van der Waals surface area contributed by atoms with E-state index in [4.69, 9.17) is 5.73 Å². The molecule has 3 aliphatic rings. The van der Waals surface area contributed by atoms with Crippen molar-refractivity contribution in [2.24, 2.45) is 11.7 Å². The van der Waals surface area contributed by atoms with Gasteiger partial charge in [0, 0.05) is 48.0 Å². The topological polar surface area (TPSA) is 75.4 Å². The van der Waals surface area contributed by atoms with Crippen LogP contribution in [0.2, 0.25) is 0 Å². The first kappa shape index (κ1) is 13.5. The van der Waals surface area contributed by atoms with Crippen molar-refractivity contribution in [2.75, 3.05) is 31.1 Å². The minimum Gasteiger partial charge on any atom is -0.368 e. The van der Waals surface area contributed by atoms with Gasteiger partial charge in [-0.1, -0.05) is 0 Å². The molecule has 2 aliphatic carbocycles. The molecule has 0 spiro atoms. The molecule has 3 rings (SSSR count). The third-order valence-corrected chi connectivity index (χ3v) is 5.77. The molecule has 1 heterocycles. The molecule has 6 heteroatoms. The van der Waals surface area contributed by atoms with E-state index >= 15 is 0 Å². The number of amides is 1. The molecule has 0 aromatic carbocycles. The van der Waals surface area contributed by atoms with Crippen molar-refractivity contribution < 1.29 is 9.00 Å². The lowest BCUT2D eigenvalue weighted by atomic mass is 9.91. The summed E-state index contributed by atoms with van der Waals surface area (Å²) in [6, 6.07) is 0.479. The van der Waals surface area contributed by atoms with Gasteiger partial charge in [-0.25, -0.2) is 0 Å². The second-order valence-corrected chi connectivity index (χ2v) is 7.85. The number of nitrogens with two attached hydrogens (primary N) is 1. The number of carbonyl (C=O) groups excluding carboxylic acids is 1. The number of carbonyl (C=O) groups is 1. The van der Waals surface area contributed by atoms with Crippen molar-refractivity contribution in [1.82, 2.24) is 10.2 Å². The maximum Gasteiger partial charge on any atom is 0.239 e. The zero-order chi connectivity index (χ0) is 13.5. The molecule has 0 aromatic rings. The summed E-state index contributed by atoms with van der Waals surface area (Å²) >= 11 is 0. The van der Waals surface area contributed by atoms with E-state index in [2.05, 4.69) is 10.2 Å². The van der Waals surface area contributed by atoms with Crippen LogP contribution in [0.25, 0.3) is 0 Å². The summed E-state index contributed by atoms with van der Waals surface area (Å²) in [5, 5.41) is 3.53. The summed E-state index contributed by atoms with van der Waals surface area (Å²) in [4.78, 5) is 14.3. The van der Waals surface area contributed by atoms with Crippen molar-refractivity contribution >= 4 is 16.7 Å². The fourth-order valence-electron chi connectivity index (χ4n) is 3.00. The molecular formula is C13H23N3O2S. The van der Waals surface area contributed by atoms with Crippen molar-refractivity contribution in [3.05, 3.63) is 0 Å². The van der Waals surface area contributed by atoms with Gasteiger partial charge in [0.15, 0.2) is 0 Å². The minimum absolute atomic E-state index is 0.200. The molecule has 1 saturated heterocycles. The van der Waals surface area contributed by atoms with E-state index in [0.29, 0.717) is 18.5 Å². The molecule has 2 saturated carbocycles. The van der Waals surface area contributed by atoms with Crippen molar-refractivity contribution in [1.29, 1.82) is 0 Å². The summed E-state index contributed by atoms with van der Waals surface area (Å²) < 4.78 is 11.4. The van der Waals surface area contributed by atoms with Crippen LogP contribution < -0.4 is 11.1 Å². The Kier molecular flexibility index (Phi) is 3.66. The van der Waals surface area contributed by atoms with Gasteiger partial charge < -0.3 is 5.73 Å². The van der Waals surface area contributed by atoms with Gasteiger partial charge >= 0.3 is 0 Å². The standard InChI is InChI=1S/C13H23N3O2S/c14-12(17)13(10-1-2-10,15-11-3-4-11)9-16-5-7-19(18)8-6-16/h10-11,15H,1-9H2,(H2,14,17). The normalized spacial score (nSPS) is 29.1. The van der Waals surface area contributed by atoms with Crippen LogP contribution in [-0.2, 0) is 15.6 Å². The van der Waals surface area contributed by atoms with E-state index in [1.165, 1.54) is 0 Å². The number of hydrogen-bond acceptors (Lipinski definition) is 4. The van der Waals surface area contributed by atoms with Crippen LogP contribution in [0.3, 0.4) is 0 Å². The van der Waals surface area contributed by atoms with E-state index in [1.807, 2.05) is 0 Å². The van der Waals surface area contributed by atoms with Crippen LogP contribution in [-0.4, -0.2) is 57.7 Å². The Bertz CT molecular complexity index is 385. The summed E-state index contributed by atoms with van der Waals surface area (Å²) in [5.41, 5.74) is 5.20. The average molecular weight is 285 g/mol. The third-order valence-electron chi connectivity index (χ3n) is 4.50. The maximum atomic E-state index is 12.1. The monoisotopic (exact) mass is 285 g/mol. The van der Waals surface area contributed by atoms with E-state index in [0.717, 1.165) is 50.3 Å². The summed E-state index contributed by atoms with van der Waals surface area (Å²) in [7, 11) is -0.672. The van der Waals surface area contributed by atoms with E-state index in [9.17, 15) is 9.00 Å². The average Bonchev–Trinajstić information content (AvgIpc) is 3.24. The second kappa shape index (κ2) is 5.14. The molecule has 1 unspecified atom stereocenters. The molecule has 0 aromatic heterocycles. The van der Waals surface area contributed by atoms with E-state index in [-0.39, 0.29) is 5.91 Å². The van der Waals surface area contributed by atoms with Crippen LogP contribution in [0.5, 0.6) is 0 Å². The lowest BCUT2D eigenvalue weighted by molar-refractivity contribution is -0.126. The number of hydrogen-bond donors (Lipinski definition) is 2. The molecule has 1 aliphatic heterocycles. The Morgan fingerprint density at radius 3 is 2.37 bits per heavy atom. The molecule has 1 amide bonds. The van der Waals surface area contributed by atoms with Crippen LogP contribution >= 0.6 is 0 Å². The zero-order valence-corrected chi connectivity index (χ0v) is 12.1. The minimum atomic E-state index is -0.672. The Morgan fingerprint density at radius 1 is 1.26 bits per heavy atom. The first-order chi connectivity index (χ1) is 9.10. The Hall–Kier alpha value is -0.460. The number of primary amides is 1. The van der Waals surface area contributed by atoms with Crippen molar-refractivity contribution in [2.45, 2.75) is 37.3 Å². The van der Waals surface area contributed by atoms with Gasteiger partial charge in [-0.3, -0.25) is 19.2 Å². The zero-order valence-electron chi connectivity index (χ0n) is 11.3. The highest BCUT2D eigenvalue weighted by atomic mass is 32.2. The van der Waals surface area contributed by atoms with Crippen molar-refractivity contribution in [3.63, 3.8) is 0 Å². The molecule has 0 bridgehead atoms. The highest BCUT2D eigenvalue weighted by Gasteiger charge is 2.52. The SMILES string of the molecule is NC(=O)C(CN1CCS(=O)CC1)(NC1CC1)C1CC1. The van der Waals surface area contributed by atoms with Gasteiger partial charge in [0.1, 0.15) is 5.54 Å². The van der Waals surface area contributed by atoms with Crippen molar-refractivity contribution in [3.8, 4) is 0 Å². The summed E-state index contributed by atoms with van der Waals surface area (Å²) in [6.07, 6.45) is 4.52. The predicted molar refractivity (Wildman–Crippen MR) is 75.1 cm³/mol. The molecule has 19 heavy (non-hydrogen) atoms. The van der Waals surface area contributed by atoms with E-state index in [1.54, 1.807) is 0 Å². The van der Waals surface area contributed by atoms with Gasteiger partial charge in [-0.05, 0) is 31.6 Å². The Balaban J connectivity index is 1.70. The van der Waals surface area contributed by atoms with Crippen LogP contribution in [0.15, 0.2) is 0 Å². The number of rotatable bonds is 6. The molecule has 5 nitrogen and oxygen atoms in total. The van der Waals surface area contributed by atoms with Crippen LogP contribution in [0.1, 0.15) is 25.7 Å². The van der Waals surface area contributed by atoms with Gasteiger partial charge in [-0.15, -0.1) is 0 Å². The Morgan fingerprint density at radius 2 is 1.89 bits per heavy atom. The van der Waals surface area contributed by atoms with Crippen LogP contribution in [0, 0.1) is 5.92 Å². The molecule has 0 radical (unpaired) electrons. The van der Waals surface area contributed by atoms with Gasteiger partial charge in [0.25, 0.3) is 0 Å². The molecule has 3 fully saturated rings. The van der Waals surface area contributed by atoms with E-state index < -0.39 is 16.3 Å². The van der Waals surface area contributed by atoms with Gasteiger partial charge in [0.05, 0.1) is 0 Å². The predicted octanol–water partition coefficient (Wildman–Crippen LogP) is -0.563. The fraction of sp³-hybridized carbons (Fsp3) is 0.923. The lowest BCUT2D eigenvalue weighted by Gasteiger charge is -2.38. The number of nitrogens with one attached hydrogen (secondary N) is 1. The third kappa shape index (κ3) is 3.01. The largest absolute Gasteiger partial charge is 0.368 e. The molecule has 1 atom stereocenters. The van der Waals surface area contributed by atoms with Crippen LogP contribution in [0.4, 0.5) is 0 Å². The second-order valence-electron chi connectivity index (χ2n) is 6.15. The lowest BCUT2D eigenvalue weighted by Crippen LogP contribution is -2.64. The quantitative estimate of drug-likeness (QED) is 0.686.